The monoisotopic (exact) mass is 224 g/mol. The third-order valence-corrected chi connectivity index (χ3v) is 3.48. The van der Waals surface area contributed by atoms with Gasteiger partial charge in [0.25, 0.3) is 0 Å². The molecule has 0 saturated heterocycles. The van der Waals surface area contributed by atoms with Crippen molar-refractivity contribution in [2.75, 3.05) is 0 Å². The summed E-state index contributed by atoms with van der Waals surface area (Å²) in [4.78, 5) is 0. The molecule has 0 bridgehead atoms. The van der Waals surface area contributed by atoms with Gasteiger partial charge in [-0.2, -0.15) is 0 Å². The van der Waals surface area contributed by atoms with Crippen LogP contribution in [0, 0.1) is 13.8 Å². The number of rotatable bonds is 0. The van der Waals surface area contributed by atoms with Gasteiger partial charge in [-0.15, -0.1) is 0 Å². The molecule has 0 fully saturated rings. The molecular formula is C16H16O. The number of aryl methyl sites for hydroxylation is 2. The highest BCUT2D eigenvalue weighted by molar-refractivity contribution is 5.77. The van der Waals surface area contributed by atoms with Crippen molar-refractivity contribution in [1.82, 2.24) is 0 Å². The van der Waals surface area contributed by atoms with Gasteiger partial charge in [-0.1, -0.05) is 36.4 Å². The van der Waals surface area contributed by atoms with Crippen LogP contribution in [-0.2, 0) is 18.0 Å². The molecule has 0 spiro atoms. The Morgan fingerprint density at radius 3 is 1.71 bits per heavy atom. The lowest BCUT2D eigenvalue weighted by Gasteiger charge is -2.14. The summed E-state index contributed by atoms with van der Waals surface area (Å²) in [7, 11) is 0. The zero-order valence-electron chi connectivity index (χ0n) is 10.3. The average Bonchev–Trinajstić information content (AvgIpc) is 2.50. The number of hydrogen-bond donors (Lipinski definition) is 0. The first-order valence-electron chi connectivity index (χ1n) is 6.02. The zero-order valence-corrected chi connectivity index (χ0v) is 10.3. The first kappa shape index (κ1) is 10.5. The SMILES string of the molecule is Cc1cccc2c1-c1c(C)cccc1COC2. The van der Waals surface area contributed by atoms with E-state index in [-0.39, 0.29) is 0 Å². The molecule has 2 aromatic rings. The fraction of sp³-hybridized carbons (Fsp3) is 0.250. The molecule has 1 heterocycles. The highest BCUT2D eigenvalue weighted by Gasteiger charge is 2.17. The summed E-state index contributed by atoms with van der Waals surface area (Å²) >= 11 is 0. The number of hydrogen-bond acceptors (Lipinski definition) is 1. The molecule has 0 unspecified atom stereocenters. The molecule has 1 nitrogen and oxygen atoms in total. The highest BCUT2D eigenvalue weighted by Crippen LogP contribution is 2.36. The van der Waals surface area contributed by atoms with Gasteiger partial charge in [0.1, 0.15) is 0 Å². The van der Waals surface area contributed by atoms with Crippen LogP contribution in [0.5, 0.6) is 0 Å². The number of ether oxygens (including phenoxy) is 1. The summed E-state index contributed by atoms with van der Waals surface area (Å²) in [6.45, 7) is 5.79. The quantitative estimate of drug-likeness (QED) is 0.657. The Morgan fingerprint density at radius 1 is 0.765 bits per heavy atom. The van der Waals surface area contributed by atoms with Crippen molar-refractivity contribution in [3.05, 3.63) is 58.7 Å². The summed E-state index contributed by atoms with van der Waals surface area (Å²) in [5.74, 6) is 0. The smallest absolute Gasteiger partial charge is 0.0727 e. The summed E-state index contributed by atoms with van der Waals surface area (Å²) < 4.78 is 5.76. The van der Waals surface area contributed by atoms with Crippen LogP contribution in [0.4, 0.5) is 0 Å². The molecule has 0 aliphatic carbocycles. The molecule has 2 aromatic carbocycles. The predicted molar refractivity (Wildman–Crippen MR) is 69.8 cm³/mol. The van der Waals surface area contributed by atoms with Gasteiger partial charge in [0, 0.05) is 0 Å². The van der Waals surface area contributed by atoms with E-state index in [2.05, 4.69) is 50.2 Å². The van der Waals surface area contributed by atoms with E-state index in [1.54, 1.807) is 0 Å². The molecule has 1 aliphatic rings. The Kier molecular flexibility index (Phi) is 2.49. The largest absolute Gasteiger partial charge is 0.372 e. The molecule has 3 rings (SSSR count). The lowest BCUT2D eigenvalue weighted by molar-refractivity contribution is 0.110. The van der Waals surface area contributed by atoms with E-state index < -0.39 is 0 Å². The number of benzene rings is 2. The standard InChI is InChI=1S/C16H16O/c1-11-5-3-7-13-9-17-10-14-8-4-6-12(2)16(14)15(11)13/h3-8H,9-10H2,1-2H3. The van der Waals surface area contributed by atoms with Gasteiger partial charge in [0.05, 0.1) is 13.2 Å². The minimum absolute atomic E-state index is 0.713. The fourth-order valence-corrected chi connectivity index (χ4v) is 2.68. The summed E-state index contributed by atoms with van der Waals surface area (Å²) in [5, 5.41) is 0. The maximum Gasteiger partial charge on any atom is 0.0727 e. The molecule has 1 heteroatoms. The van der Waals surface area contributed by atoms with Gasteiger partial charge in [-0.25, -0.2) is 0 Å². The van der Waals surface area contributed by atoms with Gasteiger partial charge in [-0.3, -0.25) is 0 Å². The first-order chi connectivity index (χ1) is 8.27. The van der Waals surface area contributed by atoms with Crippen molar-refractivity contribution < 1.29 is 4.74 Å². The second kappa shape index (κ2) is 4.01. The molecule has 0 N–H and O–H groups in total. The predicted octanol–water partition coefficient (Wildman–Crippen LogP) is 4.00. The van der Waals surface area contributed by atoms with Crippen LogP contribution in [0.15, 0.2) is 36.4 Å². The van der Waals surface area contributed by atoms with Crippen LogP contribution in [0.25, 0.3) is 11.1 Å². The minimum atomic E-state index is 0.713. The van der Waals surface area contributed by atoms with Crippen LogP contribution < -0.4 is 0 Å². The first-order valence-corrected chi connectivity index (χ1v) is 6.02. The highest BCUT2D eigenvalue weighted by atomic mass is 16.5. The molecule has 86 valence electrons. The minimum Gasteiger partial charge on any atom is -0.372 e. The van der Waals surface area contributed by atoms with Crippen LogP contribution in [-0.4, -0.2) is 0 Å². The molecule has 0 atom stereocenters. The average molecular weight is 224 g/mol. The molecule has 0 radical (unpaired) electrons. The van der Waals surface area contributed by atoms with Crippen molar-refractivity contribution in [2.45, 2.75) is 27.1 Å². The maximum absolute atomic E-state index is 5.76. The summed E-state index contributed by atoms with van der Waals surface area (Å²) in [6.07, 6.45) is 0. The van der Waals surface area contributed by atoms with Crippen molar-refractivity contribution in [2.24, 2.45) is 0 Å². The van der Waals surface area contributed by atoms with E-state index in [1.807, 2.05) is 0 Å². The third kappa shape index (κ3) is 1.67. The van der Waals surface area contributed by atoms with Gasteiger partial charge in [-0.05, 0) is 47.2 Å². The number of fused-ring (bicyclic) bond motifs is 3. The van der Waals surface area contributed by atoms with E-state index in [4.69, 9.17) is 4.74 Å². The second-order valence-corrected chi connectivity index (χ2v) is 4.71. The van der Waals surface area contributed by atoms with Gasteiger partial charge >= 0.3 is 0 Å². The molecule has 1 aliphatic heterocycles. The van der Waals surface area contributed by atoms with Crippen LogP contribution in [0.3, 0.4) is 0 Å². The maximum atomic E-state index is 5.76. The Labute approximate surface area is 102 Å². The second-order valence-electron chi connectivity index (χ2n) is 4.71. The van der Waals surface area contributed by atoms with Crippen molar-refractivity contribution in [3.63, 3.8) is 0 Å². The fourth-order valence-electron chi connectivity index (χ4n) is 2.68. The molecule has 0 aromatic heterocycles. The lowest BCUT2D eigenvalue weighted by Crippen LogP contribution is -1.94. The molecule has 0 amide bonds. The van der Waals surface area contributed by atoms with E-state index in [1.165, 1.54) is 33.4 Å². The van der Waals surface area contributed by atoms with Gasteiger partial charge < -0.3 is 4.74 Å². The van der Waals surface area contributed by atoms with Crippen molar-refractivity contribution in [3.8, 4) is 11.1 Å². The molecule has 0 saturated carbocycles. The Bertz CT molecular complexity index is 518. The Hall–Kier alpha value is -1.60. The van der Waals surface area contributed by atoms with Gasteiger partial charge in [0.15, 0.2) is 0 Å². The van der Waals surface area contributed by atoms with Crippen LogP contribution >= 0.6 is 0 Å². The summed E-state index contributed by atoms with van der Waals surface area (Å²) in [5.41, 5.74) is 8.03. The molecule has 17 heavy (non-hydrogen) atoms. The normalized spacial score (nSPS) is 13.8. The Balaban J connectivity index is 2.37. The van der Waals surface area contributed by atoms with Crippen LogP contribution in [0.1, 0.15) is 22.3 Å². The third-order valence-electron chi connectivity index (χ3n) is 3.48. The van der Waals surface area contributed by atoms with Crippen LogP contribution in [0.2, 0.25) is 0 Å². The van der Waals surface area contributed by atoms with Crippen molar-refractivity contribution in [1.29, 1.82) is 0 Å². The van der Waals surface area contributed by atoms with E-state index >= 15 is 0 Å². The van der Waals surface area contributed by atoms with Gasteiger partial charge in [0.2, 0.25) is 0 Å². The van der Waals surface area contributed by atoms with E-state index in [9.17, 15) is 0 Å². The molecular weight excluding hydrogens is 208 g/mol. The topological polar surface area (TPSA) is 9.23 Å². The van der Waals surface area contributed by atoms with E-state index in [0.29, 0.717) is 13.2 Å². The zero-order chi connectivity index (χ0) is 11.8. The Morgan fingerprint density at radius 2 is 1.24 bits per heavy atom. The lowest BCUT2D eigenvalue weighted by atomic mass is 9.90. The summed E-state index contributed by atoms with van der Waals surface area (Å²) in [6, 6.07) is 12.9. The van der Waals surface area contributed by atoms with Crippen molar-refractivity contribution >= 4 is 0 Å². The van der Waals surface area contributed by atoms with E-state index in [0.717, 1.165) is 0 Å².